The van der Waals surface area contributed by atoms with E-state index in [0.717, 1.165) is 33.5 Å². The monoisotopic (exact) mass is 366 g/mol. The first-order valence-electron chi connectivity index (χ1n) is 9.53. The van der Waals surface area contributed by atoms with Crippen LogP contribution in [-0.2, 0) is 5.41 Å². The minimum atomic E-state index is 0.160. The third kappa shape index (κ3) is 2.78. The second kappa shape index (κ2) is 6.06. The van der Waals surface area contributed by atoms with Crippen LogP contribution in [0.2, 0.25) is 0 Å². The lowest BCUT2D eigenvalue weighted by molar-refractivity contribution is 0.590. The largest absolute Gasteiger partial charge is 0.337 e. The van der Waals surface area contributed by atoms with Gasteiger partial charge in [-0.1, -0.05) is 69.3 Å². The van der Waals surface area contributed by atoms with Crippen LogP contribution in [0, 0.1) is 0 Å². The predicted molar refractivity (Wildman–Crippen MR) is 115 cm³/mol. The van der Waals surface area contributed by atoms with Gasteiger partial charge >= 0.3 is 0 Å². The van der Waals surface area contributed by atoms with Crippen LogP contribution in [0.1, 0.15) is 26.3 Å². The molecule has 2 N–H and O–H groups in total. The predicted octanol–water partition coefficient (Wildman–Crippen LogP) is 6.07. The quantitative estimate of drug-likeness (QED) is 0.398. The molecule has 4 heteroatoms. The van der Waals surface area contributed by atoms with E-state index in [2.05, 4.69) is 84.5 Å². The van der Waals surface area contributed by atoms with Gasteiger partial charge in [0.05, 0.1) is 16.6 Å². The summed E-state index contributed by atoms with van der Waals surface area (Å²) in [5.41, 5.74) is 7.70. The van der Waals surface area contributed by atoms with Crippen molar-refractivity contribution in [2.24, 2.45) is 0 Å². The van der Waals surface area contributed by atoms with Crippen molar-refractivity contribution in [3.63, 3.8) is 0 Å². The molecule has 2 heterocycles. The van der Waals surface area contributed by atoms with E-state index in [4.69, 9.17) is 4.98 Å². The molecule has 5 aromatic rings. The van der Waals surface area contributed by atoms with Crippen LogP contribution < -0.4 is 0 Å². The van der Waals surface area contributed by atoms with Crippen LogP contribution in [0.4, 0.5) is 0 Å². The summed E-state index contributed by atoms with van der Waals surface area (Å²) in [6.45, 7) is 6.71. The molecule has 4 nitrogen and oxygen atoms in total. The number of nitrogens with zero attached hydrogens (tertiary/aromatic N) is 2. The molecule has 0 aliphatic rings. The van der Waals surface area contributed by atoms with Gasteiger partial charge in [-0.25, -0.2) is 4.98 Å². The highest BCUT2D eigenvalue weighted by molar-refractivity contribution is 5.93. The Morgan fingerprint density at radius 3 is 2.32 bits per heavy atom. The molecule has 0 atom stereocenters. The van der Waals surface area contributed by atoms with E-state index in [1.807, 2.05) is 18.2 Å². The molecule has 3 aromatic carbocycles. The van der Waals surface area contributed by atoms with Gasteiger partial charge in [-0.15, -0.1) is 0 Å². The van der Waals surface area contributed by atoms with Gasteiger partial charge in [-0.05, 0) is 40.3 Å². The Labute approximate surface area is 163 Å². The maximum atomic E-state index is 4.75. The van der Waals surface area contributed by atoms with Gasteiger partial charge in [0, 0.05) is 5.39 Å². The Balaban J connectivity index is 1.55. The molecule has 5 rings (SSSR count). The second-order valence-corrected chi connectivity index (χ2v) is 8.26. The number of hydrogen-bond donors (Lipinski definition) is 2. The number of benzene rings is 3. The van der Waals surface area contributed by atoms with Crippen LogP contribution in [-0.4, -0.2) is 20.2 Å². The smallest absolute Gasteiger partial charge is 0.159 e. The van der Waals surface area contributed by atoms with Gasteiger partial charge in [0.15, 0.2) is 5.82 Å². The topological polar surface area (TPSA) is 57.4 Å². The van der Waals surface area contributed by atoms with Gasteiger partial charge in [0.25, 0.3) is 0 Å². The molecule has 138 valence electrons. The van der Waals surface area contributed by atoms with Crippen molar-refractivity contribution < 1.29 is 0 Å². The van der Waals surface area contributed by atoms with E-state index < -0.39 is 0 Å². The Hall–Kier alpha value is -3.40. The number of nitrogens with one attached hydrogen (secondary N) is 2. The summed E-state index contributed by atoms with van der Waals surface area (Å²) in [7, 11) is 0. The number of imidazole rings is 1. The first-order chi connectivity index (χ1) is 13.5. The number of fused-ring (bicyclic) bond motifs is 2. The van der Waals surface area contributed by atoms with Crippen molar-refractivity contribution in [2.45, 2.75) is 26.2 Å². The van der Waals surface area contributed by atoms with Crippen LogP contribution in [0.3, 0.4) is 0 Å². The molecule has 0 aliphatic carbocycles. The van der Waals surface area contributed by atoms with Crippen molar-refractivity contribution >= 4 is 21.9 Å². The third-order valence-corrected chi connectivity index (χ3v) is 5.26. The molecule has 0 spiro atoms. The summed E-state index contributed by atoms with van der Waals surface area (Å²) >= 11 is 0. The molecule has 2 aromatic heterocycles. The zero-order valence-corrected chi connectivity index (χ0v) is 16.2. The van der Waals surface area contributed by atoms with Crippen molar-refractivity contribution in [3.05, 3.63) is 72.3 Å². The van der Waals surface area contributed by atoms with E-state index in [1.54, 1.807) is 0 Å². The molecule has 0 bridgehead atoms. The zero-order valence-electron chi connectivity index (χ0n) is 16.2. The summed E-state index contributed by atoms with van der Waals surface area (Å²) < 4.78 is 0. The number of rotatable bonds is 2. The van der Waals surface area contributed by atoms with Crippen molar-refractivity contribution in [2.75, 3.05) is 0 Å². The molecule has 0 amide bonds. The molecular formula is C24H22N4. The number of H-pyrrole nitrogens is 2. The maximum Gasteiger partial charge on any atom is 0.159 e. The number of hydrogen-bond acceptors (Lipinski definition) is 2. The van der Waals surface area contributed by atoms with Crippen LogP contribution in [0.5, 0.6) is 0 Å². The normalized spacial score (nSPS) is 12.1. The molecular weight excluding hydrogens is 344 g/mol. The number of aromatic amines is 2. The summed E-state index contributed by atoms with van der Waals surface area (Å²) in [6, 6.07) is 23.3. The van der Waals surface area contributed by atoms with Gasteiger partial charge in [-0.3, -0.25) is 5.10 Å². The van der Waals surface area contributed by atoms with Gasteiger partial charge in [-0.2, -0.15) is 5.10 Å². The maximum absolute atomic E-state index is 4.75. The molecule has 0 radical (unpaired) electrons. The van der Waals surface area contributed by atoms with Crippen molar-refractivity contribution in [3.8, 4) is 22.6 Å². The molecule has 0 saturated carbocycles. The van der Waals surface area contributed by atoms with Gasteiger partial charge in [0.2, 0.25) is 0 Å². The SMILES string of the molecule is CC(C)(C)c1ccc(-c2ccc3nc(-c4n[nH]c5ccccc45)[nH]c3c2)cc1. The second-order valence-electron chi connectivity index (χ2n) is 8.26. The molecule has 0 fully saturated rings. The van der Waals surface area contributed by atoms with E-state index in [0.29, 0.717) is 0 Å². The first kappa shape index (κ1) is 16.8. The standard InChI is InChI=1S/C24H22N4/c1-24(2,3)17-11-8-15(9-12-17)16-10-13-20-21(14-16)26-23(25-20)22-18-6-4-5-7-19(18)27-28-22/h4-14H,1-3H3,(H,25,26)(H,27,28). The fourth-order valence-corrected chi connectivity index (χ4v) is 3.61. The Morgan fingerprint density at radius 1 is 0.786 bits per heavy atom. The van der Waals surface area contributed by atoms with E-state index in [-0.39, 0.29) is 5.41 Å². The molecule has 28 heavy (non-hydrogen) atoms. The van der Waals surface area contributed by atoms with E-state index >= 15 is 0 Å². The fourth-order valence-electron chi connectivity index (χ4n) is 3.61. The minimum absolute atomic E-state index is 0.160. The van der Waals surface area contributed by atoms with Crippen LogP contribution in [0.15, 0.2) is 66.7 Å². The molecule has 0 saturated heterocycles. The minimum Gasteiger partial charge on any atom is -0.337 e. The van der Waals surface area contributed by atoms with E-state index in [1.165, 1.54) is 16.7 Å². The average molecular weight is 366 g/mol. The summed E-state index contributed by atoms with van der Waals surface area (Å²) in [5, 5.41) is 8.60. The average Bonchev–Trinajstić information content (AvgIpc) is 3.30. The first-order valence-corrected chi connectivity index (χ1v) is 9.53. The molecule has 0 aliphatic heterocycles. The highest BCUT2D eigenvalue weighted by Crippen LogP contribution is 2.30. The Kier molecular flexibility index (Phi) is 3.63. The molecule has 0 unspecified atom stereocenters. The highest BCUT2D eigenvalue weighted by Gasteiger charge is 2.14. The number of aromatic nitrogens is 4. The van der Waals surface area contributed by atoms with Gasteiger partial charge < -0.3 is 4.98 Å². The Morgan fingerprint density at radius 2 is 1.54 bits per heavy atom. The van der Waals surface area contributed by atoms with Crippen LogP contribution in [0.25, 0.3) is 44.6 Å². The fraction of sp³-hybridized carbons (Fsp3) is 0.167. The van der Waals surface area contributed by atoms with Gasteiger partial charge in [0.1, 0.15) is 5.69 Å². The lowest BCUT2D eigenvalue weighted by Gasteiger charge is -2.19. The third-order valence-electron chi connectivity index (χ3n) is 5.26. The van der Waals surface area contributed by atoms with Crippen molar-refractivity contribution in [1.82, 2.24) is 20.2 Å². The summed E-state index contributed by atoms with van der Waals surface area (Å²) in [5.74, 6) is 0.785. The lowest BCUT2D eigenvalue weighted by atomic mass is 9.86. The number of para-hydroxylation sites is 1. The Bertz CT molecular complexity index is 1280. The summed E-state index contributed by atoms with van der Waals surface area (Å²) in [4.78, 5) is 8.19. The zero-order chi connectivity index (χ0) is 19.3. The van der Waals surface area contributed by atoms with Crippen LogP contribution >= 0.6 is 0 Å². The van der Waals surface area contributed by atoms with Crippen molar-refractivity contribution in [1.29, 1.82) is 0 Å². The summed E-state index contributed by atoms with van der Waals surface area (Å²) in [6.07, 6.45) is 0. The lowest BCUT2D eigenvalue weighted by Crippen LogP contribution is -2.10. The highest BCUT2D eigenvalue weighted by atomic mass is 15.1. The van der Waals surface area contributed by atoms with E-state index in [9.17, 15) is 0 Å².